The van der Waals surface area contributed by atoms with Gasteiger partial charge in [0.25, 0.3) is 0 Å². The van der Waals surface area contributed by atoms with Gasteiger partial charge in [0.1, 0.15) is 5.82 Å². The van der Waals surface area contributed by atoms with Crippen LogP contribution in [0.5, 0.6) is 0 Å². The van der Waals surface area contributed by atoms with E-state index in [4.69, 9.17) is 5.11 Å². The number of urea groups is 1. The standard InChI is InChI=1S/C19H20FN3O4S2/c1-28-17-14(9-15(24)25)22-19(29-17)23-18(27)21-13-7-6-11(20)8-12(13)16(26)10-4-2-3-5-10/h6-8,10H,2-5,9H2,1H3,(H,24,25)(H2,21,22,23,27). The Kier molecular flexibility index (Phi) is 6.86. The third-order valence-corrected chi connectivity index (χ3v) is 6.77. The number of amides is 2. The zero-order valence-electron chi connectivity index (χ0n) is 15.7. The molecule has 10 heteroatoms. The molecule has 29 heavy (non-hydrogen) atoms. The van der Waals surface area contributed by atoms with Crippen LogP contribution < -0.4 is 10.6 Å². The van der Waals surface area contributed by atoms with E-state index < -0.39 is 17.8 Å². The highest BCUT2D eigenvalue weighted by Crippen LogP contribution is 2.32. The van der Waals surface area contributed by atoms with Gasteiger partial charge in [-0.2, -0.15) is 0 Å². The molecular formula is C19H20FN3O4S2. The van der Waals surface area contributed by atoms with Gasteiger partial charge in [0.15, 0.2) is 10.9 Å². The number of thioether (sulfide) groups is 1. The number of aliphatic carboxylic acids is 1. The van der Waals surface area contributed by atoms with Gasteiger partial charge in [-0.1, -0.05) is 24.2 Å². The van der Waals surface area contributed by atoms with Crippen LogP contribution in [0.15, 0.2) is 22.4 Å². The minimum absolute atomic E-state index is 0.151. The first-order valence-electron chi connectivity index (χ1n) is 9.04. The quantitative estimate of drug-likeness (QED) is 0.430. The fraction of sp³-hybridized carbons (Fsp3) is 0.368. The molecule has 0 unspecified atom stereocenters. The highest BCUT2D eigenvalue weighted by Gasteiger charge is 2.26. The van der Waals surface area contributed by atoms with E-state index in [0.29, 0.717) is 9.90 Å². The van der Waals surface area contributed by atoms with Crippen molar-refractivity contribution in [3.63, 3.8) is 0 Å². The van der Waals surface area contributed by atoms with E-state index in [0.717, 1.165) is 43.1 Å². The number of carboxylic acids is 1. The Morgan fingerprint density at radius 3 is 2.66 bits per heavy atom. The summed E-state index contributed by atoms with van der Waals surface area (Å²) in [5.41, 5.74) is 0.764. The number of benzene rings is 1. The molecule has 0 spiro atoms. The van der Waals surface area contributed by atoms with Crippen LogP contribution in [0.25, 0.3) is 0 Å². The van der Waals surface area contributed by atoms with Gasteiger partial charge in [0.2, 0.25) is 0 Å². The minimum Gasteiger partial charge on any atom is -0.481 e. The van der Waals surface area contributed by atoms with Crippen molar-refractivity contribution in [3.05, 3.63) is 35.3 Å². The number of hydrogen-bond acceptors (Lipinski definition) is 6. The van der Waals surface area contributed by atoms with E-state index in [1.807, 2.05) is 0 Å². The van der Waals surface area contributed by atoms with Crippen molar-refractivity contribution < 1.29 is 23.9 Å². The Labute approximate surface area is 175 Å². The summed E-state index contributed by atoms with van der Waals surface area (Å²) in [4.78, 5) is 40.2. The molecule has 1 aliphatic carbocycles. The topological polar surface area (TPSA) is 108 Å². The van der Waals surface area contributed by atoms with Crippen molar-refractivity contribution in [2.24, 2.45) is 5.92 Å². The number of hydrogen-bond donors (Lipinski definition) is 3. The van der Waals surface area contributed by atoms with Crippen LogP contribution in [0, 0.1) is 11.7 Å². The number of carboxylic acid groups (broad SMARTS) is 1. The Hall–Kier alpha value is -2.46. The SMILES string of the molecule is CSc1sc(NC(=O)Nc2ccc(F)cc2C(=O)C2CCCC2)nc1CC(=O)O. The van der Waals surface area contributed by atoms with Crippen molar-refractivity contribution in [2.75, 3.05) is 16.9 Å². The van der Waals surface area contributed by atoms with Crippen LogP contribution in [0.2, 0.25) is 0 Å². The molecular weight excluding hydrogens is 417 g/mol. The molecule has 0 aliphatic heterocycles. The molecule has 0 atom stereocenters. The highest BCUT2D eigenvalue weighted by atomic mass is 32.2. The lowest BCUT2D eigenvalue weighted by atomic mass is 9.95. The van der Waals surface area contributed by atoms with Crippen LogP contribution in [-0.4, -0.2) is 34.1 Å². The van der Waals surface area contributed by atoms with Gasteiger partial charge in [-0.3, -0.25) is 14.9 Å². The molecule has 1 fully saturated rings. The number of thiazole rings is 1. The summed E-state index contributed by atoms with van der Waals surface area (Å²) < 4.78 is 14.4. The number of carbonyl (C=O) groups is 3. The van der Waals surface area contributed by atoms with Gasteiger partial charge in [0, 0.05) is 11.5 Å². The number of halogens is 1. The Morgan fingerprint density at radius 2 is 2.00 bits per heavy atom. The smallest absolute Gasteiger partial charge is 0.325 e. The minimum atomic E-state index is -1.01. The van der Waals surface area contributed by atoms with Gasteiger partial charge < -0.3 is 10.4 Å². The van der Waals surface area contributed by atoms with Crippen molar-refractivity contribution in [1.29, 1.82) is 0 Å². The van der Waals surface area contributed by atoms with Gasteiger partial charge in [-0.05, 0) is 37.3 Å². The van der Waals surface area contributed by atoms with Gasteiger partial charge >= 0.3 is 12.0 Å². The first kappa shape index (κ1) is 21.3. The molecule has 0 radical (unpaired) electrons. The summed E-state index contributed by atoms with van der Waals surface area (Å²) in [6.07, 6.45) is 5.02. The zero-order chi connectivity index (χ0) is 21.0. The third-order valence-electron chi connectivity index (χ3n) is 4.61. The Bertz CT molecular complexity index is 942. The molecule has 1 saturated carbocycles. The maximum absolute atomic E-state index is 13.7. The van der Waals surface area contributed by atoms with Crippen molar-refractivity contribution >= 4 is 51.7 Å². The monoisotopic (exact) mass is 437 g/mol. The molecule has 3 N–H and O–H groups in total. The summed E-state index contributed by atoms with van der Waals surface area (Å²) in [7, 11) is 0. The lowest BCUT2D eigenvalue weighted by Gasteiger charge is -2.14. The average molecular weight is 438 g/mol. The molecule has 1 aromatic carbocycles. The molecule has 1 aromatic heterocycles. The van der Waals surface area contributed by atoms with E-state index >= 15 is 0 Å². The zero-order valence-corrected chi connectivity index (χ0v) is 17.3. The van der Waals surface area contributed by atoms with Crippen molar-refractivity contribution in [1.82, 2.24) is 4.98 Å². The first-order valence-corrected chi connectivity index (χ1v) is 11.1. The van der Waals surface area contributed by atoms with E-state index in [9.17, 15) is 18.8 Å². The lowest BCUT2D eigenvalue weighted by molar-refractivity contribution is -0.136. The number of rotatable bonds is 7. The van der Waals surface area contributed by atoms with E-state index in [1.165, 1.54) is 23.9 Å². The normalized spacial score (nSPS) is 14.0. The number of nitrogens with zero attached hydrogens (tertiary/aromatic N) is 1. The fourth-order valence-electron chi connectivity index (χ4n) is 3.29. The number of aromatic nitrogens is 1. The van der Waals surface area contributed by atoms with E-state index in [2.05, 4.69) is 15.6 Å². The van der Waals surface area contributed by atoms with Crippen LogP contribution in [0.3, 0.4) is 0 Å². The van der Waals surface area contributed by atoms with Crippen LogP contribution in [-0.2, 0) is 11.2 Å². The maximum atomic E-state index is 13.7. The Morgan fingerprint density at radius 1 is 1.28 bits per heavy atom. The predicted molar refractivity (Wildman–Crippen MR) is 111 cm³/mol. The van der Waals surface area contributed by atoms with Gasteiger partial charge in [-0.25, -0.2) is 14.2 Å². The summed E-state index contributed by atoms with van der Waals surface area (Å²) in [5.74, 6) is -1.87. The number of carbonyl (C=O) groups excluding carboxylic acids is 2. The largest absolute Gasteiger partial charge is 0.481 e. The van der Waals surface area contributed by atoms with E-state index in [-0.39, 0.29) is 34.5 Å². The molecule has 2 aromatic rings. The van der Waals surface area contributed by atoms with Crippen LogP contribution in [0.1, 0.15) is 41.7 Å². The number of nitrogens with one attached hydrogen (secondary N) is 2. The number of ketones is 1. The number of anilines is 2. The molecule has 0 bridgehead atoms. The summed E-state index contributed by atoms with van der Waals surface area (Å²) >= 11 is 2.51. The second kappa shape index (κ2) is 9.36. The predicted octanol–water partition coefficient (Wildman–Crippen LogP) is 4.65. The molecule has 0 saturated heterocycles. The third kappa shape index (κ3) is 5.33. The summed E-state index contributed by atoms with van der Waals surface area (Å²) in [6.45, 7) is 0. The lowest BCUT2D eigenvalue weighted by Crippen LogP contribution is -2.22. The molecule has 154 valence electrons. The van der Waals surface area contributed by atoms with E-state index in [1.54, 1.807) is 6.26 Å². The van der Waals surface area contributed by atoms with Gasteiger partial charge in [0.05, 0.1) is 22.0 Å². The molecule has 3 rings (SSSR count). The van der Waals surface area contributed by atoms with Gasteiger partial charge in [-0.15, -0.1) is 11.8 Å². The molecule has 1 heterocycles. The Balaban J connectivity index is 1.75. The first-order chi connectivity index (χ1) is 13.9. The highest BCUT2D eigenvalue weighted by molar-refractivity contribution is 8.00. The number of Topliss-reactive ketones (excluding diaryl/α,β-unsaturated/α-hetero) is 1. The fourth-order valence-corrected chi connectivity index (χ4v) is 4.93. The molecule has 7 nitrogen and oxygen atoms in total. The van der Waals surface area contributed by atoms with Crippen LogP contribution >= 0.6 is 23.1 Å². The average Bonchev–Trinajstić information content (AvgIpc) is 3.32. The second-order valence-electron chi connectivity index (χ2n) is 6.64. The maximum Gasteiger partial charge on any atom is 0.325 e. The molecule has 1 aliphatic rings. The van der Waals surface area contributed by atoms with Crippen molar-refractivity contribution in [3.8, 4) is 0 Å². The van der Waals surface area contributed by atoms with Crippen LogP contribution in [0.4, 0.5) is 20.0 Å². The summed E-state index contributed by atoms with van der Waals surface area (Å²) in [5, 5.41) is 14.3. The van der Waals surface area contributed by atoms with Crippen molar-refractivity contribution in [2.45, 2.75) is 36.3 Å². The second-order valence-corrected chi connectivity index (χ2v) is 8.72. The summed E-state index contributed by atoms with van der Waals surface area (Å²) in [6, 6.07) is 3.06. The molecule has 2 amide bonds.